The lowest BCUT2D eigenvalue weighted by Crippen LogP contribution is -2.47. The number of hydrogen-bond donors (Lipinski definition) is 2. The van der Waals surface area contributed by atoms with Crippen molar-refractivity contribution >= 4 is 11.6 Å². The first kappa shape index (κ1) is 15.0. The van der Waals surface area contributed by atoms with Crippen LogP contribution in [0.15, 0.2) is 24.3 Å². The summed E-state index contributed by atoms with van der Waals surface area (Å²) in [6.45, 7) is 6.27. The molecule has 1 fully saturated rings. The van der Waals surface area contributed by atoms with Gasteiger partial charge in [0.05, 0.1) is 6.04 Å². The van der Waals surface area contributed by atoms with Crippen LogP contribution in [0.2, 0.25) is 0 Å². The third-order valence-corrected chi connectivity index (χ3v) is 4.29. The molecule has 1 aromatic rings. The van der Waals surface area contributed by atoms with Gasteiger partial charge in [-0.3, -0.25) is 4.79 Å². The average molecular weight is 274 g/mol. The van der Waals surface area contributed by atoms with Crippen LogP contribution in [0.25, 0.3) is 0 Å². The Morgan fingerprint density at radius 3 is 2.50 bits per heavy atom. The summed E-state index contributed by atoms with van der Waals surface area (Å²) in [5.74, 6) is 0.713. The molecule has 0 saturated heterocycles. The minimum Gasteiger partial charge on any atom is -0.325 e. The van der Waals surface area contributed by atoms with Gasteiger partial charge in [0.1, 0.15) is 0 Å². The fourth-order valence-corrected chi connectivity index (χ4v) is 2.85. The largest absolute Gasteiger partial charge is 0.325 e. The number of rotatable bonds is 4. The smallest absolute Gasteiger partial charge is 0.241 e. The lowest BCUT2D eigenvalue weighted by molar-refractivity contribution is -0.118. The number of amides is 1. The molecule has 1 amide bonds. The number of aryl methyl sites for hydroxylation is 1. The molecule has 1 aliphatic carbocycles. The number of carbonyl (C=O) groups excluding carboxylic acids is 1. The number of benzene rings is 1. The molecular weight excluding hydrogens is 248 g/mol. The summed E-state index contributed by atoms with van der Waals surface area (Å²) in [6.07, 6.45) is 5.05. The van der Waals surface area contributed by atoms with Gasteiger partial charge in [-0.1, -0.05) is 37.5 Å². The van der Waals surface area contributed by atoms with Crippen molar-refractivity contribution in [3.8, 4) is 0 Å². The zero-order chi connectivity index (χ0) is 14.5. The van der Waals surface area contributed by atoms with Gasteiger partial charge in [0, 0.05) is 11.7 Å². The normalized spacial score (nSPS) is 24.1. The van der Waals surface area contributed by atoms with Gasteiger partial charge in [0.2, 0.25) is 5.91 Å². The maximum absolute atomic E-state index is 12.2. The fourth-order valence-electron chi connectivity index (χ4n) is 2.85. The van der Waals surface area contributed by atoms with Crippen molar-refractivity contribution in [2.75, 3.05) is 5.32 Å². The summed E-state index contributed by atoms with van der Waals surface area (Å²) in [6, 6.07) is 8.24. The van der Waals surface area contributed by atoms with Crippen molar-refractivity contribution in [1.82, 2.24) is 5.32 Å². The Labute approximate surface area is 122 Å². The van der Waals surface area contributed by atoms with Gasteiger partial charge < -0.3 is 10.6 Å². The molecule has 20 heavy (non-hydrogen) atoms. The number of anilines is 1. The van der Waals surface area contributed by atoms with Gasteiger partial charge in [-0.25, -0.2) is 0 Å². The summed E-state index contributed by atoms with van der Waals surface area (Å²) in [5.41, 5.74) is 2.07. The van der Waals surface area contributed by atoms with Crippen molar-refractivity contribution in [1.29, 1.82) is 0 Å². The topological polar surface area (TPSA) is 41.1 Å². The molecule has 0 radical (unpaired) electrons. The second kappa shape index (κ2) is 6.89. The van der Waals surface area contributed by atoms with Crippen LogP contribution in [0.4, 0.5) is 5.69 Å². The minimum atomic E-state index is -0.151. The Balaban J connectivity index is 1.86. The molecule has 2 N–H and O–H groups in total. The van der Waals surface area contributed by atoms with Crippen LogP contribution in [0, 0.1) is 12.8 Å². The van der Waals surface area contributed by atoms with Gasteiger partial charge in [0.25, 0.3) is 0 Å². The number of carbonyl (C=O) groups is 1. The minimum absolute atomic E-state index is 0.0478. The Bertz CT molecular complexity index is 441. The molecule has 0 unspecified atom stereocenters. The van der Waals surface area contributed by atoms with Gasteiger partial charge in [-0.05, 0) is 44.7 Å². The first-order valence-corrected chi connectivity index (χ1v) is 7.70. The van der Waals surface area contributed by atoms with Crippen molar-refractivity contribution < 1.29 is 4.79 Å². The summed E-state index contributed by atoms with van der Waals surface area (Å²) in [4.78, 5) is 12.2. The lowest BCUT2D eigenvalue weighted by atomic mass is 9.85. The first-order chi connectivity index (χ1) is 9.56. The van der Waals surface area contributed by atoms with Crippen LogP contribution in [-0.4, -0.2) is 18.0 Å². The molecule has 0 spiro atoms. The predicted octanol–water partition coefficient (Wildman–Crippen LogP) is 3.49. The molecule has 0 heterocycles. The Kier molecular flexibility index (Phi) is 5.18. The molecule has 3 nitrogen and oxygen atoms in total. The van der Waals surface area contributed by atoms with Crippen molar-refractivity contribution in [3.63, 3.8) is 0 Å². The average Bonchev–Trinajstić information content (AvgIpc) is 2.44. The second-order valence-electron chi connectivity index (χ2n) is 6.11. The van der Waals surface area contributed by atoms with E-state index >= 15 is 0 Å². The van der Waals surface area contributed by atoms with Gasteiger partial charge in [-0.15, -0.1) is 0 Å². The third kappa shape index (κ3) is 4.07. The SMILES string of the molecule is Cc1ccc(NC(=O)[C@H](C)N[C@@H]2CCCC[C@@H]2C)cc1. The molecule has 1 aliphatic rings. The first-order valence-electron chi connectivity index (χ1n) is 7.70. The van der Waals surface area contributed by atoms with Crippen molar-refractivity contribution in [3.05, 3.63) is 29.8 Å². The molecular formula is C17H26N2O. The Morgan fingerprint density at radius 2 is 1.85 bits per heavy atom. The molecule has 0 bridgehead atoms. The molecule has 110 valence electrons. The van der Waals surface area contributed by atoms with Gasteiger partial charge in [0.15, 0.2) is 0 Å². The highest BCUT2D eigenvalue weighted by atomic mass is 16.2. The molecule has 2 rings (SSSR count). The molecule has 0 aromatic heterocycles. The zero-order valence-corrected chi connectivity index (χ0v) is 12.8. The monoisotopic (exact) mass is 274 g/mol. The standard InChI is InChI=1S/C17H26N2O/c1-12-8-10-15(11-9-12)19-17(20)14(3)18-16-7-5-4-6-13(16)2/h8-11,13-14,16,18H,4-7H2,1-3H3,(H,19,20)/t13-,14-,16+/m0/s1. The summed E-state index contributed by atoms with van der Waals surface area (Å²) >= 11 is 0. The lowest BCUT2D eigenvalue weighted by Gasteiger charge is -2.31. The van der Waals surface area contributed by atoms with Gasteiger partial charge in [-0.2, -0.15) is 0 Å². The molecule has 3 heteroatoms. The van der Waals surface area contributed by atoms with Crippen molar-refractivity contribution in [2.24, 2.45) is 5.92 Å². The summed E-state index contributed by atoms with van der Waals surface area (Å²) in [5, 5.41) is 6.46. The molecule has 0 aliphatic heterocycles. The van der Waals surface area contributed by atoms with E-state index in [0.717, 1.165) is 5.69 Å². The van der Waals surface area contributed by atoms with E-state index in [1.807, 2.05) is 38.1 Å². The number of nitrogens with one attached hydrogen (secondary N) is 2. The quantitative estimate of drug-likeness (QED) is 0.882. The van der Waals surface area contributed by atoms with E-state index in [2.05, 4.69) is 17.6 Å². The van der Waals surface area contributed by atoms with E-state index in [4.69, 9.17) is 0 Å². The van der Waals surface area contributed by atoms with E-state index in [-0.39, 0.29) is 11.9 Å². The summed E-state index contributed by atoms with van der Waals surface area (Å²) in [7, 11) is 0. The van der Waals surface area contributed by atoms with Gasteiger partial charge >= 0.3 is 0 Å². The summed E-state index contributed by atoms with van der Waals surface area (Å²) < 4.78 is 0. The maximum Gasteiger partial charge on any atom is 0.241 e. The van der Waals surface area contributed by atoms with Crippen LogP contribution >= 0.6 is 0 Å². The van der Waals surface area contributed by atoms with Crippen LogP contribution in [0.3, 0.4) is 0 Å². The van der Waals surface area contributed by atoms with Crippen molar-refractivity contribution in [2.45, 2.75) is 58.5 Å². The molecule has 1 saturated carbocycles. The molecule has 1 aromatic carbocycles. The highest BCUT2D eigenvalue weighted by Gasteiger charge is 2.24. The Morgan fingerprint density at radius 1 is 1.20 bits per heavy atom. The van der Waals surface area contributed by atoms with E-state index in [9.17, 15) is 4.79 Å². The van der Waals surface area contributed by atoms with E-state index in [0.29, 0.717) is 12.0 Å². The number of hydrogen-bond acceptors (Lipinski definition) is 2. The highest BCUT2D eigenvalue weighted by molar-refractivity contribution is 5.94. The van der Waals surface area contributed by atoms with Crippen LogP contribution in [0.1, 0.15) is 45.1 Å². The Hall–Kier alpha value is -1.35. The van der Waals surface area contributed by atoms with Crippen LogP contribution in [-0.2, 0) is 4.79 Å². The second-order valence-corrected chi connectivity index (χ2v) is 6.11. The maximum atomic E-state index is 12.2. The van der Waals surface area contributed by atoms with E-state index < -0.39 is 0 Å². The fraction of sp³-hybridized carbons (Fsp3) is 0.588. The zero-order valence-electron chi connectivity index (χ0n) is 12.8. The third-order valence-electron chi connectivity index (χ3n) is 4.29. The highest BCUT2D eigenvalue weighted by Crippen LogP contribution is 2.24. The van der Waals surface area contributed by atoms with E-state index in [1.54, 1.807) is 0 Å². The van der Waals surface area contributed by atoms with E-state index in [1.165, 1.54) is 31.2 Å². The predicted molar refractivity (Wildman–Crippen MR) is 83.8 cm³/mol. The van der Waals surface area contributed by atoms with Crippen LogP contribution < -0.4 is 10.6 Å². The molecule has 3 atom stereocenters. The van der Waals surface area contributed by atoms with Crippen LogP contribution in [0.5, 0.6) is 0 Å².